The third kappa shape index (κ3) is 2.82. The Bertz CT molecular complexity index is 494. The molecule has 2 rings (SSSR count). The van der Waals surface area contributed by atoms with Crippen LogP contribution in [0.5, 0.6) is 5.88 Å². The number of aryl methyl sites for hydroxylation is 1. The van der Waals surface area contributed by atoms with E-state index in [-0.39, 0.29) is 6.04 Å². The van der Waals surface area contributed by atoms with Crippen LogP contribution in [0, 0.1) is 0 Å². The van der Waals surface area contributed by atoms with E-state index in [0.29, 0.717) is 12.3 Å². The first kappa shape index (κ1) is 12.5. The molecule has 0 aromatic carbocycles. The average molecular weight is 248 g/mol. The van der Waals surface area contributed by atoms with E-state index in [1.165, 1.54) is 0 Å². The van der Waals surface area contributed by atoms with Crippen LogP contribution in [0.1, 0.15) is 17.3 Å². The second kappa shape index (κ2) is 5.56. The lowest BCUT2D eigenvalue weighted by Gasteiger charge is -2.13. The molecule has 0 amide bonds. The van der Waals surface area contributed by atoms with Crippen molar-refractivity contribution >= 4 is 0 Å². The molecule has 0 fully saturated rings. The first-order chi connectivity index (χ1) is 8.72. The van der Waals surface area contributed by atoms with E-state index >= 15 is 0 Å². The number of nitrogens with two attached hydrogens (primary N) is 1. The fourth-order valence-corrected chi connectivity index (χ4v) is 1.69. The van der Waals surface area contributed by atoms with Gasteiger partial charge in [-0.15, -0.1) is 5.10 Å². The topological polar surface area (TPSA) is 90.9 Å². The summed E-state index contributed by atoms with van der Waals surface area (Å²) in [5, 5.41) is 12.1. The summed E-state index contributed by atoms with van der Waals surface area (Å²) >= 11 is 0. The first-order valence-electron chi connectivity index (χ1n) is 5.54. The molecule has 0 spiro atoms. The molecule has 1 atom stereocenters. The SMILES string of the molecule is COc1ccc(C(Cc2cnn(C)c2)NN)nn1. The van der Waals surface area contributed by atoms with Gasteiger partial charge in [0.15, 0.2) is 0 Å². The Morgan fingerprint density at radius 1 is 1.44 bits per heavy atom. The van der Waals surface area contributed by atoms with Gasteiger partial charge in [-0.05, 0) is 18.1 Å². The Morgan fingerprint density at radius 3 is 2.78 bits per heavy atom. The van der Waals surface area contributed by atoms with E-state index < -0.39 is 0 Å². The van der Waals surface area contributed by atoms with Gasteiger partial charge in [-0.25, -0.2) is 0 Å². The molecule has 18 heavy (non-hydrogen) atoms. The predicted octanol–water partition coefficient (Wildman–Crippen LogP) is -0.0342. The van der Waals surface area contributed by atoms with Gasteiger partial charge in [0, 0.05) is 19.3 Å². The van der Waals surface area contributed by atoms with Gasteiger partial charge >= 0.3 is 0 Å². The summed E-state index contributed by atoms with van der Waals surface area (Å²) in [6.07, 6.45) is 4.45. The molecule has 96 valence electrons. The highest BCUT2D eigenvalue weighted by Gasteiger charge is 2.13. The minimum absolute atomic E-state index is 0.104. The summed E-state index contributed by atoms with van der Waals surface area (Å²) in [6, 6.07) is 3.50. The smallest absolute Gasteiger partial charge is 0.233 e. The maximum absolute atomic E-state index is 5.55. The van der Waals surface area contributed by atoms with Crippen molar-refractivity contribution in [2.24, 2.45) is 12.9 Å². The monoisotopic (exact) mass is 248 g/mol. The van der Waals surface area contributed by atoms with Crippen molar-refractivity contribution in [1.29, 1.82) is 0 Å². The minimum Gasteiger partial charge on any atom is -0.480 e. The number of hydrogen-bond acceptors (Lipinski definition) is 6. The Kier molecular flexibility index (Phi) is 3.85. The Balaban J connectivity index is 2.12. The molecule has 7 heteroatoms. The molecule has 0 saturated carbocycles. The van der Waals surface area contributed by atoms with Crippen LogP contribution >= 0.6 is 0 Å². The number of hydrazine groups is 1. The molecule has 0 aliphatic rings. The molecule has 1 unspecified atom stereocenters. The molecular weight excluding hydrogens is 232 g/mol. The lowest BCUT2D eigenvalue weighted by atomic mass is 10.1. The van der Waals surface area contributed by atoms with E-state index in [9.17, 15) is 0 Å². The third-order valence-corrected chi connectivity index (χ3v) is 2.63. The van der Waals surface area contributed by atoms with Gasteiger partial charge < -0.3 is 4.74 Å². The van der Waals surface area contributed by atoms with Crippen LogP contribution < -0.4 is 16.0 Å². The highest BCUT2D eigenvalue weighted by molar-refractivity contribution is 5.17. The number of ether oxygens (including phenoxy) is 1. The lowest BCUT2D eigenvalue weighted by Crippen LogP contribution is -2.30. The molecule has 3 N–H and O–H groups in total. The fourth-order valence-electron chi connectivity index (χ4n) is 1.69. The number of rotatable bonds is 5. The summed E-state index contributed by atoms with van der Waals surface area (Å²) in [5.41, 5.74) is 4.58. The predicted molar refractivity (Wildman–Crippen MR) is 65.6 cm³/mol. The third-order valence-electron chi connectivity index (χ3n) is 2.63. The van der Waals surface area contributed by atoms with E-state index in [0.717, 1.165) is 11.3 Å². The zero-order chi connectivity index (χ0) is 13.0. The molecule has 7 nitrogen and oxygen atoms in total. The van der Waals surface area contributed by atoms with Crippen molar-refractivity contribution in [3.05, 3.63) is 35.8 Å². The molecular formula is C11H16N6O. The highest BCUT2D eigenvalue weighted by Crippen LogP contribution is 2.16. The van der Waals surface area contributed by atoms with Crippen molar-refractivity contribution in [2.45, 2.75) is 12.5 Å². The number of nitrogens with zero attached hydrogens (tertiary/aromatic N) is 4. The summed E-state index contributed by atoms with van der Waals surface area (Å²) in [6.45, 7) is 0. The molecule has 0 radical (unpaired) electrons. The van der Waals surface area contributed by atoms with Crippen LogP contribution in [0.2, 0.25) is 0 Å². The normalized spacial score (nSPS) is 12.4. The summed E-state index contributed by atoms with van der Waals surface area (Å²) in [5.74, 6) is 6.04. The number of aromatic nitrogens is 4. The fraction of sp³-hybridized carbons (Fsp3) is 0.364. The Labute approximate surface area is 105 Å². The van der Waals surface area contributed by atoms with Crippen molar-refractivity contribution in [3.63, 3.8) is 0 Å². The minimum atomic E-state index is -0.104. The maximum atomic E-state index is 5.55. The van der Waals surface area contributed by atoms with Gasteiger partial charge in [0.1, 0.15) is 0 Å². The Morgan fingerprint density at radius 2 is 2.28 bits per heavy atom. The largest absolute Gasteiger partial charge is 0.480 e. The quantitative estimate of drug-likeness (QED) is 0.570. The Hall–Kier alpha value is -1.99. The van der Waals surface area contributed by atoms with Crippen LogP contribution in [-0.4, -0.2) is 27.1 Å². The van der Waals surface area contributed by atoms with Gasteiger partial charge in [0.2, 0.25) is 5.88 Å². The molecule has 2 aromatic rings. The highest BCUT2D eigenvalue weighted by atomic mass is 16.5. The summed E-state index contributed by atoms with van der Waals surface area (Å²) < 4.78 is 6.72. The van der Waals surface area contributed by atoms with Gasteiger partial charge in [-0.2, -0.15) is 10.2 Å². The van der Waals surface area contributed by atoms with Crippen LogP contribution in [0.15, 0.2) is 24.5 Å². The first-order valence-corrected chi connectivity index (χ1v) is 5.54. The van der Waals surface area contributed by atoms with Gasteiger partial charge in [-0.1, -0.05) is 0 Å². The van der Waals surface area contributed by atoms with Crippen LogP contribution in [-0.2, 0) is 13.5 Å². The number of nitrogens with one attached hydrogen (secondary N) is 1. The standard InChI is InChI=1S/C11H16N6O/c1-17-7-8(6-13-17)5-10(14-12)9-3-4-11(18-2)16-15-9/h3-4,6-7,10,14H,5,12H2,1-2H3. The van der Waals surface area contributed by atoms with Crippen LogP contribution in [0.25, 0.3) is 0 Å². The van der Waals surface area contributed by atoms with Gasteiger partial charge in [0.05, 0.1) is 25.0 Å². The molecule has 0 aliphatic carbocycles. The van der Waals surface area contributed by atoms with Crippen molar-refractivity contribution in [2.75, 3.05) is 7.11 Å². The summed E-state index contributed by atoms with van der Waals surface area (Å²) in [4.78, 5) is 0. The zero-order valence-electron chi connectivity index (χ0n) is 10.4. The van der Waals surface area contributed by atoms with Gasteiger partial charge in [0.25, 0.3) is 0 Å². The van der Waals surface area contributed by atoms with Crippen molar-refractivity contribution < 1.29 is 4.74 Å². The molecule has 2 aromatic heterocycles. The van der Waals surface area contributed by atoms with Gasteiger partial charge in [-0.3, -0.25) is 16.0 Å². The average Bonchev–Trinajstić information content (AvgIpc) is 2.82. The second-order valence-electron chi connectivity index (χ2n) is 3.95. The lowest BCUT2D eigenvalue weighted by molar-refractivity contribution is 0.389. The number of hydrogen-bond donors (Lipinski definition) is 2. The maximum Gasteiger partial charge on any atom is 0.233 e. The zero-order valence-corrected chi connectivity index (χ0v) is 10.4. The molecule has 0 saturated heterocycles. The number of methoxy groups -OCH3 is 1. The van der Waals surface area contributed by atoms with Crippen LogP contribution in [0.3, 0.4) is 0 Å². The van der Waals surface area contributed by atoms with E-state index in [4.69, 9.17) is 10.6 Å². The van der Waals surface area contributed by atoms with Crippen molar-refractivity contribution in [3.8, 4) is 5.88 Å². The second-order valence-corrected chi connectivity index (χ2v) is 3.95. The van der Waals surface area contributed by atoms with E-state index in [1.807, 2.05) is 19.3 Å². The molecule has 0 aliphatic heterocycles. The van der Waals surface area contributed by atoms with Crippen molar-refractivity contribution in [1.82, 2.24) is 25.4 Å². The van der Waals surface area contributed by atoms with E-state index in [1.54, 1.807) is 24.1 Å². The van der Waals surface area contributed by atoms with E-state index in [2.05, 4.69) is 20.7 Å². The molecule has 2 heterocycles. The molecule has 0 bridgehead atoms. The van der Waals surface area contributed by atoms with Crippen LogP contribution in [0.4, 0.5) is 0 Å². The summed E-state index contributed by atoms with van der Waals surface area (Å²) in [7, 11) is 3.43.